The Morgan fingerprint density at radius 1 is 1.17 bits per heavy atom. The Hall–Kier alpha value is -1.30. The molecule has 1 aliphatic rings. The summed E-state index contributed by atoms with van der Waals surface area (Å²) in [4.78, 5) is 23.3. The molecule has 1 saturated carbocycles. The van der Waals surface area contributed by atoms with Gasteiger partial charge in [0.05, 0.1) is 12.5 Å². The SMILES string of the molecule is CCOC(=O)C1CCC(NC(C)CNC(=O)OC(C)(C)C)CC1. The molecule has 0 aromatic heterocycles. The summed E-state index contributed by atoms with van der Waals surface area (Å²) < 4.78 is 10.3. The van der Waals surface area contributed by atoms with Crippen LogP contribution in [0.25, 0.3) is 0 Å². The van der Waals surface area contributed by atoms with E-state index in [2.05, 4.69) is 10.6 Å². The summed E-state index contributed by atoms with van der Waals surface area (Å²) in [7, 11) is 0. The van der Waals surface area contributed by atoms with E-state index in [0.29, 0.717) is 19.2 Å². The van der Waals surface area contributed by atoms with E-state index in [1.807, 2.05) is 34.6 Å². The molecule has 1 amide bonds. The zero-order valence-electron chi connectivity index (χ0n) is 15.1. The summed E-state index contributed by atoms with van der Waals surface area (Å²) in [6, 6.07) is 0.544. The highest BCUT2D eigenvalue weighted by molar-refractivity contribution is 5.72. The van der Waals surface area contributed by atoms with Gasteiger partial charge in [-0.1, -0.05) is 0 Å². The van der Waals surface area contributed by atoms with Crippen LogP contribution >= 0.6 is 0 Å². The van der Waals surface area contributed by atoms with Gasteiger partial charge in [0.15, 0.2) is 0 Å². The Morgan fingerprint density at radius 2 is 1.78 bits per heavy atom. The predicted octanol–water partition coefficient (Wildman–Crippen LogP) is 2.61. The van der Waals surface area contributed by atoms with E-state index < -0.39 is 11.7 Å². The molecule has 1 rings (SSSR count). The van der Waals surface area contributed by atoms with Crippen LogP contribution in [0.15, 0.2) is 0 Å². The molecule has 0 radical (unpaired) electrons. The average molecular weight is 328 g/mol. The molecule has 1 unspecified atom stereocenters. The number of carbonyl (C=O) groups excluding carboxylic acids is 2. The maximum atomic E-state index is 11.7. The van der Waals surface area contributed by atoms with Crippen molar-refractivity contribution in [1.29, 1.82) is 0 Å². The molecule has 1 fully saturated rings. The lowest BCUT2D eigenvalue weighted by Gasteiger charge is -2.30. The molecule has 0 aromatic carbocycles. The first-order chi connectivity index (χ1) is 10.7. The second-order valence-corrected chi connectivity index (χ2v) is 7.25. The van der Waals surface area contributed by atoms with Crippen molar-refractivity contribution < 1.29 is 19.1 Å². The molecule has 6 nitrogen and oxygen atoms in total. The standard InChI is InChI=1S/C17H32N2O4/c1-6-22-15(20)13-7-9-14(10-8-13)19-12(2)11-18-16(21)23-17(3,4)5/h12-14,19H,6-11H2,1-5H3,(H,18,21). The van der Waals surface area contributed by atoms with Crippen LogP contribution in [0.1, 0.15) is 60.3 Å². The zero-order chi connectivity index (χ0) is 17.5. The average Bonchev–Trinajstić information content (AvgIpc) is 2.44. The molecular weight excluding hydrogens is 296 g/mol. The number of hydrogen-bond acceptors (Lipinski definition) is 5. The van der Waals surface area contributed by atoms with E-state index in [-0.39, 0.29) is 17.9 Å². The molecule has 0 aromatic rings. The van der Waals surface area contributed by atoms with Crippen LogP contribution < -0.4 is 10.6 Å². The van der Waals surface area contributed by atoms with Crippen LogP contribution in [0.2, 0.25) is 0 Å². The van der Waals surface area contributed by atoms with Crippen molar-refractivity contribution in [3.63, 3.8) is 0 Å². The molecule has 23 heavy (non-hydrogen) atoms. The largest absolute Gasteiger partial charge is 0.466 e. The highest BCUT2D eigenvalue weighted by Gasteiger charge is 2.27. The predicted molar refractivity (Wildman–Crippen MR) is 89.2 cm³/mol. The van der Waals surface area contributed by atoms with Gasteiger partial charge < -0.3 is 20.1 Å². The van der Waals surface area contributed by atoms with Crippen molar-refractivity contribution in [1.82, 2.24) is 10.6 Å². The minimum absolute atomic E-state index is 0.0446. The first kappa shape index (κ1) is 19.7. The summed E-state index contributed by atoms with van der Waals surface area (Å²) in [5.41, 5.74) is -0.480. The van der Waals surface area contributed by atoms with Crippen LogP contribution in [0.3, 0.4) is 0 Å². The quantitative estimate of drug-likeness (QED) is 0.733. The highest BCUT2D eigenvalue weighted by Crippen LogP contribution is 2.25. The van der Waals surface area contributed by atoms with Crippen LogP contribution in [-0.4, -0.2) is 42.9 Å². The smallest absolute Gasteiger partial charge is 0.407 e. The minimum atomic E-state index is -0.480. The first-order valence-electron chi connectivity index (χ1n) is 8.60. The molecule has 0 saturated heterocycles. The third kappa shape index (κ3) is 8.21. The number of carbonyl (C=O) groups is 2. The summed E-state index contributed by atoms with van der Waals surface area (Å²) in [5, 5.41) is 6.28. The number of ether oxygens (including phenoxy) is 2. The summed E-state index contributed by atoms with van der Waals surface area (Å²) in [6.45, 7) is 10.4. The molecule has 0 aliphatic heterocycles. The number of esters is 1. The zero-order valence-corrected chi connectivity index (χ0v) is 15.1. The second-order valence-electron chi connectivity index (χ2n) is 7.25. The first-order valence-corrected chi connectivity index (χ1v) is 8.60. The fourth-order valence-electron chi connectivity index (χ4n) is 2.77. The Morgan fingerprint density at radius 3 is 2.30 bits per heavy atom. The number of nitrogens with one attached hydrogen (secondary N) is 2. The second kappa shape index (κ2) is 9.11. The number of hydrogen-bond donors (Lipinski definition) is 2. The molecule has 2 N–H and O–H groups in total. The summed E-state index contributed by atoms with van der Waals surface area (Å²) >= 11 is 0. The van der Waals surface area contributed by atoms with Gasteiger partial charge in [-0.25, -0.2) is 4.79 Å². The van der Waals surface area contributed by atoms with Crippen molar-refractivity contribution in [2.75, 3.05) is 13.2 Å². The molecular formula is C17H32N2O4. The van der Waals surface area contributed by atoms with E-state index >= 15 is 0 Å². The van der Waals surface area contributed by atoms with Gasteiger partial charge in [0.25, 0.3) is 0 Å². The van der Waals surface area contributed by atoms with E-state index in [4.69, 9.17) is 9.47 Å². The van der Waals surface area contributed by atoms with Crippen LogP contribution in [0.4, 0.5) is 4.79 Å². The van der Waals surface area contributed by atoms with E-state index in [1.54, 1.807) is 0 Å². The molecule has 0 bridgehead atoms. The highest BCUT2D eigenvalue weighted by atomic mass is 16.6. The maximum Gasteiger partial charge on any atom is 0.407 e. The normalized spacial score (nSPS) is 23.0. The van der Waals surface area contributed by atoms with Crippen molar-refractivity contribution >= 4 is 12.1 Å². The molecule has 134 valence electrons. The fourth-order valence-corrected chi connectivity index (χ4v) is 2.77. The lowest BCUT2D eigenvalue weighted by molar-refractivity contribution is -0.149. The molecule has 6 heteroatoms. The van der Waals surface area contributed by atoms with Gasteiger partial charge in [-0.05, 0) is 60.3 Å². The molecule has 1 atom stereocenters. The van der Waals surface area contributed by atoms with Gasteiger partial charge in [-0.15, -0.1) is 0 Å². The van der Waals surface area contributed by atoms with E-state index in [0.717, 1.165) is 25.7 Å². The van der Waals surface area contributed by atoms with Gasteiger partial charge >= 0.3 is 12.1 Å². The fraction of sp³-hybridized carbons (Fsp3) is 0.882. The van der Waals surface area contributed by atoms with E-state index in [1.165, 1.54) is 0 Å². The third-order valence-corrected chi connectivity index (χ3v) is 3.82. The van der Waals surface area contributed by atoms with Gasteiger partial charge in [-0.2, -0.15) is 0 Å². The van der Waals surface area contributed by atoms with Crippen molar-refractivity contribution in [2.24, 2.45) is 5.92 Å². The van der Waals surface area contributed by atoms with Crippen molar-refractivity contribution in [3.05, 3.63) is 0 Å². The van der Waals surface area contributed by atoms with Gasteiger partial charge in [0.2, 0.25) is 0 Å². The van der Waals surface area contributed by atoms with Crippen LogP contribution in [-0.2, 0) is 14.3 Å². The van der Waals surface area contributed by atoms with Crippen LogP contribution in [0, 0.1) is 5.92 Å². The molecule has 1 aliphatic carbocycles. The lowest BCUT2D eigenvalue weighted by Crippen LogP contribution is -2.46. The van der Waals surface area contributed by atoms with Gasteiger partial charge in [0, 0.05) is 18.6 Å². The van der Waals surface area contributed by atoms with E-state index in [9.17, 15) is 9.59 Å². The van der Waals surface area contributed by atoms with Gasteiger partial charge in [-0.3, -0.25) is 4.79 Å². The molecule has 0 spiro atoms. The monoisotopic (exact) mass is 328 g/mol. The molecule has 0 heterocycles. The topological polar surface area (TPSA) is 76.7 Å². The Bertz CT molecular complexity index is 385. The number of amides is 1. The van der Waals surface area contributed by atoms with Crippen LogP contribution in [0.5, 0.6) is 0 Å². The Balaban J connectivity index is 2.22. The minimum Gasteiger partial charge on any atom is -0.466 e. The third-order valence-electron chi connectivity index (χ3n) is 3.82. The Kier molecular flexibility index (Phi) is 7.82. The Labute approximate surface area is 139 Å². The summed E-state index contributed by atoms with van der Waals surface area (Å²) in [6.07, 6.45) is 3.25. The number of rotatable bonds is 6. The number of alkyl carbamates (subject to hydrolysis) is 1. The summed E-state index contributed by atoms with van der Waals surface area (Å²) in [5.74, 6) is -0.0196. The van der Waals surface area contributed by atoms with Crippen molar-refractivity contribution in [2.45, 2.75) is 78.0 Å². The van der Waals surface area contributed by atoms with Crippen molar-refractivity contribution in [3.8, 4) is 0 Å². The lowest BCUT2D eigenvalue weighted by atomic mass is 9.86. The maximum absolute atomic E-state index is 11.7. The van der Waals surface area contributed by atoms with Gasteiger partial charge in [0.1, 0.15) is 5.60 Å².